The van der Waals surface area contributed by atoms with E-state index in [1.165, 1.54) is 12.3 Å². The third kappa shape index (κ3) is 1.13. The molecule has 0 N–H and O–H groups in total. The van der Waals surface area contributed by atoms with Gasteiger partial charge in [-0.2, -0.15) is 0 Å². The summed E-state index contributed by atoms with van der Waals surface area (Å²) < 4.78 is 0.266. The molecule has 0 atom stereocenters. The van der Waals surface area contributed by atoms with Crippen LogP contribution in [0.25, 0.3) is 0 Å². The van der Waals surface area contributed by atoms with Crippen molar-refractivity contribution >= 4 is 33.8 Å². The van der Waals surface area contributed by atoms with Crippen LogP contribution in [0.3, 0.4) is 0 Å². The smallest absolute Gasteiger partial charge is 0.282 e. The van der Waals surface area contributed by atoms with Gasteiger partial charge in [0.1, 0.15) is 0 Å². The molecule has 0 fully saturated rings. The molecule has 9 heavy (non-hydrogen) atoms. The molecule has 0 radical (unpaired) electrons. The van der Waals surface area contributed by atoms with E-state index in [2.05, 4.69) is 20.9 Å². The molecule has 1 rings (SSSR count). The highest BCUT2D eigenvalue weighted by Gasteiger charge is 2.17. The lowest BCUT2D eigenvalue weighted by atomic mass is 10.3. The highest BCUT2D eigenvalue weighted by Crippen LogP contribution is 2.08. The van der Waals surface area contributed by atoms with E-state index in [1.807, 2.05) is 0 Å². The van der Waals surface area contributed by atoms with Crippen LogP contribution in [-0.4, -0.2) is 17.9 Å². The van der Waals surface area contributed by atoms with Gasteiger partial charge >= 0.3 is 5.91 Å². The lowest BCUT2D eigenvalue weighted by Crippen LogP contribution is -2.13. The van der Waals surface area contributed by atoms with Gasteiger partial charge in [0.15, 0.2) is 0 Å². The van der Waals surface area contributed by atoms with E-state index in [-0.39, 0.29) is 4.48 Å². The second-order valence-electron chi connectivity index (χ2n) is 1.43. The molecule has 0 saturated heterocycles. The normalized spacial score (nSPS) is 18.1. The van der Waals surface area contributed by atoms with Crippen molar-refractivity contribution in [1.29, 1.82) is 0 Å². The summed E-state index contributed by atoms with van der Waals surface area (Å²) in [5.74, 6) is -1.30. The summed E-state index contributed by atoms with van der Waals surface area (Å²) in [6.07, 6.45) is 2.72. The number of hydrogen-bond donors (Lipinski definition) is 0. The van der Waals surface area contributed by atoms with Gasteiger partial charge < -0.3 is 0 Å². The van der Waals surface area contributed by atoms with Gasteiger partial charge in [0.2, 0.25) is 0 Å². The van der Waals surface area contributed by atoms with E-state index >= 15 is 0 Å². The molecule has 1 amide bonds. The van der Waals surface area contributed by atoms with Crippen LogP contribution in [0.2, 0.25) is 0 Å². The third-order valence-corrected chi connectivity index (χ3v) is 1.45. The minimum absolute atomic E-state index is 0.266. The molecule has 0 bridgehead atoms. The van der Waals surface area contributed by atoms with Crippen LogP contribution in [0.4, 0.5) is 0 Å². The molecule has 0 aromatic carbocycles. The van der Waals surface area contributed by atoms with Gasteiger partial charge in [-0.3, -0.25) is 9.59 Å². The number of ketones is 1. The van der Waals surface area contributed by atoms with E-state index in [1.54, 1.807) is 0 Å². The number of aliphatic imine (C=N–C) groups is 1. The Hall–Kier alpha value is -0.770. The van der Waals surface area contributed by atoms with Crippen LogP contribution >= 0.6 is 15.9 Å². The maximum absolute atomic E-state index is 10.5. The highest BCUT2D eigenvalue weighted by molar-refractivity contribution is 9.12. The van der Waals surface area contributed by atoms with Gasteiger partial charge in [0, 0.05) is 6.21 Å². The van der Waals surface area contributed by atoms with Crippen molar-refractivity contribution in [3.05, 3.63) is 10.6 Å². The molecule has 1 aliphatic heterocycles. The van der Waals surface area contributed by atoms with E-state index in [4.69, 9.17) is 0 Å². The van der Waals surface area contributed by atoms with Crippen molar-refractivity contribution in [2.24, 2.45) is 4.99 Å². The number of dihydropyridines is 1. The SMILES string of the molecule is O=C1N=CC=C(Br)C1=O. The number of allylic oxidation sites excluding steroid dienone is 1. The van der Waals surface area contributed by atoms with Gasteiger partial charge in [-0.1, -0.05) is 0 Å². The molecule has 0 unspecified atom stereocenters. The maximum Gasteiger partial charge on any atom is 0.318 e. The Morgan fingerprint density at radius 2 is 2.11 bits per heavy atom. The number of amides is 1. The van der Waals surface area contributed by atoms with Crippen molar-refractivity contribution in [3.8, 4) is 0 Å². The highest BCUT2D eigenvalue weighted by atomic mass is 79.9. The van der Waals surface area contributed by atoms with E-state index in [0.717, 1.165) is 0 Å². The number of Topliss-reactive ketones (excluding diaryl/α,β-unsaturated/α-hetero) is 1. The average molecular weight is 188 g/mol. The van der Waals surface area contributed by atoms with Crippen LogP contribution in [0.15, 0.2) is 15.6 Å². The zero-order chi connectivity index (χ0) is 6.85. The first-order valence-electron chi connectivity index (χ1n) is 2.20. The fourth-order valence-electron chi connectivity index (χ4n) is 0.407. The summed E-state index contributed by atoms with van der Waals surface area (Å²) in [6.45, 7) is 0. The molecule has 0 aliphatic carbocycles. The second kappa shape index (κ2) is 2.23. The van der Waals surface area contributed by atoms with E-state index in [9.17, 15) is 9.59 Å². The lowest BCUT2D eigenvalue weighted by Gasteiger charge is -1.94. The first-order valence-corrected chi connectivity index (χ1v) is 2.99. The second-order valence-corrected chi connectivity index (χ2v) is 2.28. The van der Waals surface area contributed by atoms with E-state index < -0.39 is 11.7 Å². The lowest BCUT2D eigenvalue weighted by molar-refractivity contribution is -0.133. The summed E-state index contributed by atoms with van der Waals surface area (Å²) in [6, 6.07) is 0. The zero-order valence-electron chi connectivity index (χ0n) is 4.30. The summed E-state index contributed by atoms with van der Waals surface area (Å²) >= 11 is 2.89. The Labute approximate surface area is 59.6 Å². The largest absolute Gasteiger partial charge is 0.318 e. The first-order chi connectivity index (χ1) is 4.22. The van der Waals surface area contributed by atoms with Gasteiger partial charge in [-0.15, -0.1) is 0 Å². The van der Waals surface area contributed by atoms with Gasteiger partial charge in [-0.25, -0.2) is 4.99 Å². The average Bonchev–Trinajstić information content (AvgIpc) is 1.83. The Morgan fingerprint density at radius 3 is 2.56 bits per heavy atom. The van der Waals surface area contributed by atoms with Gasteiger partial charge in [0.05, 0.1) is 4.48 Å². The fourth-order valence-corrected chi connectivity index (χ4v) is 0.695. The fraction of sp³-hybridized carbons (Fsp3) is 0. The van der Waals surface area contributed by atoms with Crippen LogP contribution in [0.1, 0.15) is 0 Å². The Morgan fingerprint density at radius 1 is 1.44 bits per heavy atom. The van der Waals surface area contributed by atoms with Crippen molar-refractivity contribution in [2.45, 2.75) is 0 Å². The van der Waals surface area contributed by atoms with Crippen LogP contribution in [0.5, 0.6) is 0 Å². The topological polar surface area (TPSA) is 46.5 Å². The molecule has 46 valence electrons. The standard InChI is InChI=1S/C5H2BrNO2/c6-3-1-2-7-5(9)4(3)8/h1-2H. The number of rotatable bonds is 0. The molecule has 0 spiro atoms. The number of hydrogen-bond acceptors (Lipinski definition) is 2. The number of carbonyl (C=O) groups is 2. The molecule has 0 aromatic rings. The first kappa shape index (κ1) is 6.35. The van der Waals surface area contributed by atoms with E-state index in [0.29, 0.717) is 0 Å². The predicted octanol–water partition coefficient (Wildman–Crippen LogP) is 0.445. The molecular weight excluding hydrogens is 186 g/mol. The third-order valence-electron chi connectivity index (χ3n) is 0.824. The summed E-state index contributed by atoms with van der Waals surface area (Å²) in [5, 5.41) is 0. The molecule has 3 nitrogen and oxygen atoms in total. The van der Waals surface area contributed by atoms with Crippen LogP contribution < -0.4 is 0 Å². The van der Waals surface area contributed by atoms with Crippen molar-refractivity contribution < 1.29 is 9.59 Å². The Balaban J connectivity index is 3.00. The predicted molar refractivity (Wildman–Crippen MR) is 35.5 cm³/mol. The number of carbonyl (C=O) groups excluding carboxylic acids is 2. The number of halogens is 1. The van der Waals surface area contributed by atoms with Crippen LogP contribution in [-0.2, 0) is 9.59 Å². The molecule has 0 saturated carbocycles. The molecule has 1 aliphatic rings. The van der Waals surface area contributed by atoms with Gasteiger partial charge in [-0.05, 0) is 22.0 Å². The van der Waals surface area contributed by atoms with Crippen molar-refractivity contribution in [3.63, 3.8) is 0 Å². The molecule has 0 aromatic heterocycles. The summed E-state index contributed by atoms with van der Waals surface area (Å²) in [4.78, 5) is 24.2. The van der Waals surface area contributed by atoms with Crippen LogP contribution in [0, 0.1) is 0 Å². The molecule has 1 heterocycles. The molecular formula is C5H2BrNO2. The Bertz CT molecular complexity index is 229. The minimum atomic E-state index is -0.718. The van der Waals surface area contributed by atoms with Crippen molar-refractivity contribution in [2.75, 3.05) is 0 Å². The summed E-state index contributed by atoms with van der Waals surface area (Å²) in [7, 11) is 0. The van der Waals surface area contributed by atoms with Gasteiger partial charge in [0.25, 0.3) is 5.78 Å². The monoisotopic (exact) mass is 187 g/mol. The quantitative estimate of drug-likeness (QED) is 0.518. The van der Waals surface area contributed by atoms with Crippen molar-refractivity contribution in [1.82, 2.24) is 0 Å². The molecule has 4 heteroatoms. The minimum Gasteiger partial charge on any atom is -0.282 e. The zero-order valence-corrected chi connectivity index (χ0v) is 5.88. The maximum atomic E-state index is 10.5. The Kier molecular flexibility index (Phi) is 1.57. The number of nitrogens with zero attached hydrogens (tertiary/aromatic N) is 1. The summed E-state index contributed by atoms with van der Waals surface area (Å²) in [5.41, 5.74) is 0.